The first-order valence-corrected chi connectivity index (χ1v) is 7.24. The van der Waals surface area contributed by atoms with Crippen molar-refractivity contribution in [1.82, 2.24) is 0 Å². The van der Waals surface area contributed by atoms with E-state index in [4.69, 9.17) is 23.7 Å². The zero-order chi connectivity index (χ0) is 17.9. The van der Waals surface area contributed by atoms with Crippen LogP contribution in [0.4, 0.5) is 0 Å². The van der Waals surface area contributed by atoms with Crippen molar-refractivity contribution >= 4 is 0 Å². The molecule has 0 aromatic heterocycles. The number of benzene rings is 1. The number of hydrogen-bond donors (Lipinski definition) is 4. The van der Waals surface area contributed by atoms with Crippen LogP contribution in [0.2, 0.25) is 0 Å². The monoisotopic (exact) mass is 346 g/mol. The van der Waals surface area contributed by atoms with Crippen LogP contribution in [0.3, 0.4) is 0 Å². The second-order valence-corrected chi connectivity index (χ2v) is 5.18. The summed E-state index contributed by atoms with van der Waals surface area (Å²) in [6.45, 7) is -0.554. The lowest BCUT2D eigenvalue weighted by atomic mass is 9.99. The second-order valence-electron chi connectivity index (χ2n) is 5.18. The first-order valence-electron chi connectivity index (χ1n) is 7.24. The van der Waals surface area contributed by atoms with E-state index in [-0.39, 0.29) is 17.2 Å². The smallest absolute Gasteiger partial charge is 0.229 e. The fourth-order valence-corrected chi connectivity index (χ4v) is 2.37. The molecule has 0 aliphatic carbocycles. The Hall–Kier alpha value is -1.78. The maximum Gasteiger partial charge on any atom is 0.229 e. The molecule has 1 aliphatic heterocycles. The summed E-state index contributed by atoms with van der Waals surface area (Å²) in [5, 5.41) is 38.9. The predicted molar refractivity (Wildman–Crippen MR) is 80.5 cm³/mol. The Balaban J connectivity index is 2.32. The van der Waals surface area contributed by atoms with Crippen LogP contribution < -0.4 is 18.9 Å². The summed E-state index contributed by atoms with van der Waals surface area (Å²) in [7, 11) is 4.30. The summed E-state index contributed by atoms with van der Waals surface area (Å²) >= 11 is 0. The van der Waals surface area contributed by atoms with Crippen LogP contribution in [-0.4, -0.2) is 79.1 Å². The lowest BCUT2D eigenvalue weighted by Gasteiger charge is -2.39. The minimum atomic E-state index is -1.55. The number of rotatable bonds is 6. The van der Waals surface area contributed by atoms with Gasteiger partial charge in [-0.3, -0.25) is 0 Å². The van der Waals surface area contributed by atoms with Gasteiger partial charge in [0, 0.05) is 12.1 Å². The van der Waals surface area contributed by atoms with Gasteiger partial charge in [0.25, 0.3) is 0 Å². The number of aliphatic hydroxyl groups excluding tert-OH is 4. The fraction of sp³-hybridized carbons (Fsp3) is 0.600. The molecule has 1 fully saturated rings. The van der Waals surface area contributed by atoms with E-state index in [1.54, 1.807) is 12.1 Å². The van der Waals surface area contributed by atoms with Gasteiger partial charge in [0.15, 0.2) is 11.5 Å². The van der Waals surface area contributed by atoms with E-state index >= 15 is 0 Å². The van der Waals surface area contributed by atoms with Crippen molar-refractivity contribution in [3.63, 3.8) is 0 Å². The highest BCUT2D eigenvalue weighted by Gasteiger charge is 2.45. The Morgan fingerprint density at radius 1 is 0.917 bits per heavy atom. The molecule has 0 radical (unpaired) electrons. The quantitative estimate of drug-likeness (QED) is 0.507. The first kappa shape index (κ1) is 18.6. The molecule has 5 atom stereocenters. The van der Waals surface area contributed by atoms with Crippen LogP contribution in [-0.2, 0) is 4.74 Å². The molecule has 9 nitrogen and oxygen atoms in total. The maximum absolute atomic E-state index is 10.1. The average Bonchev–Trinajstić information content (AvgIpc) is 2.61. The Morgan fingerprint density at radius 2 is 1.50 bits per heavy atom. The van der Waals surface area contributed by atoms with Crippen LogP contribution in [0.5, 0.6) is 23.0 Å². The van der Waals surface area contributed by atoms with E-state index in [0.717, 1.165) is 0 Å². The predicted octanol–water partition coefficient (Wildman–Crippen LogP) is -1.11. The van der Waals surface area contributed by atoms with Gasteiger partial charge in [0.2, 0.25) is 12.0 Å². The number of hydrogen-bond acceptors (Lipinski definition) is 9. The van der Waals surface area contributed by atoms with Crippen LogP contribution >= 0.6 is 0 Å². The van der Waals surface area contributed by atoms with Gasteiger partial charge < -0.3 is 44.1 Å². The van der Waals surface area contributed by atoms with Gasteiger partial charge in [0.1, 0.15) is 30.2 Å². The average molecular weight is 346 g/mol. The van der Waals surface area contributed by atoms with E-state index in [1.807, 2.05) is 0 Å². The van der Waals surface area contributed by atoms with Gasteiger partial charge >= 0.3 is 0 Å². The molecule has 1 saturated heterocycles. The largest absolute Gasteiger partial charge is 0.496 e. The molecule has 1 aliphatic rings. The molecule has 24 heavy (non-hydrogen) atoms. The van der Waals surface area contributed by atoms with Gasteiger partial charge in [-0.25, -0.2) is 0 Å². The van der Waals surface area contributed by atoms with Gasteiger partial charge in [-0.1, -0.05) is 0 Å². The van der Waals surface area contributed by atoms with Crippen molar-refractivity contribution in [2.24, 2.45) is 0 Å². The summed E-state index contributed by atoms with van der Waals surface area (Å²) in [6.07, 6.45) is -6.99. The first-order chi connectivity index (χ1) is 11.5. The van der Waals surface area contributed by atoms with E-state index < -0.39 is 37.3 Å². The van der Waals surface area contributed by atoms with Gasteiger partial charge in [-0.05, 0) is 0 Å². The van der Waals surface area contributed by atoms with Crippen molar-refractivity contribution < 1.29 is 44.1 Å². The highest BCUT2D eigenvalue weighted by atomic mass is 16.7. The molecule has 4 N–H and O–H groups in total. The minimum Gasteiger partial charge on any atom is -0.496 e. The molecular weight excluding hydrogens is 324 g/mol. The van der Waals surface area contributed by atoms with Crippen molar-refractivity contribution in [3.05, 3.63) is 12.1 Å². The topological polar surface area (TPSA) is 127 Å². The standard InChI is InChI=1S/C15H22O9/c1-20-7-4-8(21-2)14(9(5-7)22-3)24-15-13(19)12(18)11(17)10(6-16)23-15/h4-5,10-13,15-19H,6H2,1-3H3/t10?,11?,12-,13-,15?/m0/s1. The molecule has 3 unspecified atom stereocenters. The van der Waals surface area contributed by atoms with Crippen molar-refractivity contribution in [1.29, 1.82) is 0 Å². The fourth-order valence-electron chi connectivity index (χ4n) is 2.37. The number of methoxy groups -OCH3 is 3. The molecular formula is C15H22O9. The third kappa shape index (κ3) is 3.50. The van der Waals surface area contributed by atoms with E-state index in [1.165, 1.54) is 21.3 Å². The molecule has 1 aromatic carbocycles. The van der Waals surface area contributed by atoms with Gasteiger partial charge in [0.05, 0.1) is 27.9 Å². The Labute approximate surface area is 138 Å². The van der Waals surface area contributed by atoms with Crippen LogP contribution in [0.1, 0.15) is 0 Å². The van der Waals surface area contributed by atoms with Crippen LogP contribution in [0, 0.1) is 0 Å². The summed E-state index contributed by atoms with van der Waals surface area (Å²) in [4.78, 5) is 0. The summed E-state index contributed by atoms with van der Waals surface area (Å²) in [5.74, 6) is 1.08. The second kappa shape index (κ2) is 7.86. The number of aliphatic hydroxyl groups is 4. The Morgan fingerprint density at radius 3 is 1.96 bits per heavy atom. The zero-order valence-electron chi connectivity index (χ0n) is 13.6. The molecule has 1 heterocycles. The lowest BCUT2D eigenvalue weighted by molar-refractivity contribution is -0.277. The zero-order valence-corrected chi connectivity index (χ0v) is 13.6. The summed E-state index contributed by atoms with van der Waals surface area (Å²) in [6, 6.07) is 3.09. The third-order valence-corrected chi connectivity index (χ3v) is 3.75. The Bertz CT molecular complexity index is 523. The third-order valence-electron chi connectivity index (χ3n) is 3.75. The van der Waals surface area contributed by atoms with Crippen LogP contribution in [0.25, 0.3) is 0 Å². The van der Waals surface area contributed by atoms with Crippen molar-refractivity contribution in [2.75, 3.05) is 27.9 Å². The highest BCUT2D eigenvalue weighted by molar-refractivity contribution is 5.56. The maximum atomic E-state index is 10.1. The lowest BCUT2D eigenvalue weighted by Crippen LogP contribution is -2.60. The molecule has 2 rings (SSSR count). The SMILES string of the molecule is COc1cc(OC)c(OC2OC(CO)C(O)[C@H](O)[C@@H]2O)c(OC)c1. The van der Waals surface area contributed by atoms with Gasteiger partial charge in [-0.15, -0.1) is 0 Å². The van der Waals surface area contributed by atoms with Crippen molar-refractivity contribution in [2.45, 2.75) is 30.7 Å². The number of ether oxygens (including phenoxy) is 5. The molecule has 0 spiro atoms. The highest BCUT2D eigenvalue weighted by Crippen LogP contribution is 2.42. The van der Waals surface area contributed by atoms with E-state index in [9.17, 15) is 20.4 Å². The molecule has 1 aromatic rings. The van der Waals surface area contributed by atoms with Gasteiger partial charge in [-0.2, -0.15) is 0 Å². The molecule has 0 saturated carbocycles. The molecule has 0 bridgehead atoms. The summed E-state index contributed by atoms with van der Waals surface area (Å²) in [5.41, 5.74) is 0. The van der Waals surface area contributed by atoms with E-state index in [0.29, 0.717) is 5.75 Å². The molecule has 0 amide bonds. The van der Waals surface area contributed by atoms with Crippen molar-refractivity contribution in [3.8, 4) is 23.0 Å². The molecule has 136 valence electrons. The summed E-state index contributed by atoms with van der Waals surface area (Å²) < 4.78 is 26.5. The molecule has 9 heteroatoms. The normalized spacial score (nSPS) is 29.9. The Kier molecular flexibility index (Phi) is 6.08. The van der Waals surface area contributed by atoms with Crippen LogP contribution in [0.15, 0.2) is 12.1 Å². The minimum absolute atomic E-state index is 0.116. The van der Waals surface area contributed by atoms with E-state index in [2.05, 4.69) is 0 Å².